The van der Waals surface area contributed by atoms with Crippen molar-refractivity contribution in [2.75, 3.05) is 21.1 Å². The van der Waals surface area contributed by atoms with Crippen molar-refractivity contribution >= 4 is 0 Å². The van der Waals surface area contributed by atoms with E-state index >= 15 is 0 Å². The van der Waals surface area contributed by atoms with Crippen molar-refractivity contribution in [3.63, 3.8) is 0 Å². The van der Waals surface area contributed by atoms with Gasteiger partial charge in [-0.25, -0.2) is 0 Å². The highest BCUT2D eigenvalue weighted by atomic mass is 15.3. The Morgan fingerprint density at radius 3 is 1.85 bits per heavy atom. The van der Waals surface area contributed by atoms with Gasteiger partial charge in [-0.05, 0) is 0 Å². The Balaban J connectivity index is 0.000000671. The van der Waals surface area contributed by atoms with Crippen molar-refractivity contribution in [3.8, 4) is 0 Å². The van der Waals surface area contributed by atoms with E-state index in [1.54, 1.807) is 6.92 Å². The van der Waals surface area contributed by atoms with Gasteiger partial charge in [-0.1, -0.05) is 44.2 Å². The summed E-state index contributed by atoms with van der Waals surface area (Å²) in [6.07, 6.45) is 0. The number of hydrogen-bond donors (Lipinski definition) is 0. The predicted octanol–water partition coefficient (Wildman–Crippen LogP) is 2.73. The van der Waals surface area contributed by atoms with Crippen molar-refractivity contribution in [1.29, 1.82) is 0 Å². The average molecular weight is 179 g/mol. The van der Waals surface area contributed by atoms with Crippen LogP contribution in [0.25, 0.3) is 0 Å². The van der Waals surface area contributed by atoms with E-state index in [0.717, 1.165) is 11.0 Å². The molecule has 1 aromatic carbocycles. The molecule has 0 amide bonds. The fourth-order valence-corrected chi connectivity index (χ4v) is 1.13. The van der Waals surface area contributed by atoms with E-state index in [9.17, 15) is 0 Å². The SMILES string of the molecule is C[N+](C)(C)Cc1ccccc1.[CH2]C. The molecule has 0 aromatic heterocycles. The fourth-order valence-electron chi connectivity index (χ4n) is 1.13. The Bertz CT molecular complexity index is 208. The molecule has 1 aromatic rings. The first-order chi connectivity index (χ1) is 6.08. The Kier molecular flexibility index (Phi) is 5.40. The summed E-state index contributed by atoms with van der Waals surface area (Å²) in [5, 5.41) is 0. The molecule has 13 heavy (non-hydrogen) atoms. The van der Waals surface area contributed by atoms with Crippen LogP contribution in [0.2, 0.25) is 0 Å². The number of nitrogens with zero attached hydrogens (tertiary/aromatic N) is 1. The van der Waals surface area contributed by atoms with Gasteiger partial charge in [0.05, 0.1) is 21.1 Å². The maximum absolute atomic E-state index is 3.25. The Morgan fingerprint density at radius 2 is 1.46 bits per heavy atom. The van der Waals surface area contributed by atoms with Gasteiger partial charge in [0.2, 0.25) is 0 Å². The molecule has 0 bridgehead atoms. The van der Waals surface area contributed by atoms with Crippen LogP contribution in [-0.4, -0.2) is 25.6 Å². The summed E-state index contributed by atoms with van der Waals surface area (Å²) in [7, 11) is 6.60. The molecule has 1 radical (unpaired) electrons. The summed E-state index contributed by atoms with van der Waals surface area (Å²) in [6.45, 7) is 6.10. The first-order valence-corrected chi connectivity index (χ1v) is 4.63. The van der Waals surface area contributed by atoms with Gasteiger partial charge in [0.1, 0.15) is 6.54 Å². The summed E-state index contributed by atoms with van der Waals surface area (Å²) in [4.78, 5) is 0. The number of quaternary nitrogens is 1. The minimum absolute atomic E-state index is 0.990. The van der Waals surface area contributed by atoms with Crippen LogP contribution in [0, 0.1) is 6.92 Å². The zero-order chi connectivity index (χ0) is 10.3. The smallest absolute Gasteiger partial charge is 0.104 e. The third kappa shape index (κ3) is 6.35. The molecule has 0 unspecified atom stereocenters. The Labute approximate surface area is 82.6 Å². The molecule has 0 spiro atoms. The monoisotopic (exact) mass is 179 g/mol. The van der Waals surface area contributed by atoms with E-state index in [-0.39, 0.29) is 0 Å². The molecule has 0 saturated carbocycles. The highest BCUT2D eigenvalue weighted by Gasteiger charge is 2.06. The first-order valence-electron chi connectivity index (χ1n) is 4.63. The van der Waals surface area contributed by atoms with Crippen molar-refractivity contribution in [2.45, 2.75) is 13.5 Å². The van der Waals surface area contributed by atoms with E-state index in [1.165, 1.54) is 5.56 Å². The van der Waals surface area contributed by atoms with Crippen LogP contribution in [-0.2, 0) is 6.54 Å². The molecule has 0 aliphatic heterocycles. The molecule has 73 valence electrons. The van der Waals surface area contributed by atoms with Crippen LogP contribution < -0.4 is 0 Å². The lowest BCUT2D eigenvalue weighted by molar-refractivity contribution is -0.884. The summed E-state index contributed by atoms with van der Waals surface area (Å²) in [5.74, 6) is 0. The van der Waals surface area contributed by atoms with Crippen molar-refractivity contribution in [2.24, 2.45) is 0 Å². The molecule has 0 fully saturated rings. The topological polar surface area (TPSA) is 0 Å². The molecule has 0 aliphatic carbocycles. The van der Waals surface area contributed by atoms with Crippen LogP contribution in [0.1, 0.15) is 12.5 Å². The molecular weight excluding hydrogens is 158 g/mol. The predicted molar refractivity (Wildman–Crippen MR) is 59.2 cm³/mol. The van der Waals surface area contributed by atoms with Crippen LogP contribution in [0.5, 0.6) is 0 Å². The molecule has 0 aliphatic rings. The van der Waals surface area contributed by atoms with Crippen molar-refractivity contribution < 1.29 is 4.48 Å². The molecule has 0 N–H and O–H groups in total. The van der Waals surface area contributed by atoms with E-state index in [1.807, 2.05) is 0 Å². The van der Waals surface area contributed by atoms with Crippen molar-refractivity contribution in [1.82, 2.24) is 0 Å². The zero-order valence-corrected chi connectivity index (χ0v) is 9.25. The maximum atomic E-state index is 3.25. The van der Waals surface area contributed by atoms with E-state index in [2.05, 4.69) is 58.4 Å². The molecule has 1 heteroatoms. The summed E-state index contributed by atoms with van der Waals surface area (Å²) < 4.78 is 0.990. The van der Waals surface area contributed by atoms with Crippen LogP contribution >= 0.6 is 0 Å². The molecular formula is C12H21N+. The Morgan fingerprint density at radius 1 is 1.00 bits per heavy atom. The van der Waals surface area contributed by atoms with Crippen LogP contribution in [0.3, 0.4) is 0 Å². The minimum Gasteiger partial charge on any atom is -0.327 e. The molecule has 1 nitrogen and oxygen atoms in total. The first kappa shape index (κ1) is 12.2. The van der Waals surface area contributed by atoms with E-state index < -0.39 is 0 Å². The molecule has 0 atom stereocenters. The maximum Gasteiger partial charge on any atom is 0.104 e. The van der Waals surface area contributed by atoms with Gasteiger partial charge in [0.25, 0.3) is 0 Å². The standard InChI is InChI=1S/C10H16N.C2H5/c1-11(2,3)9-10-7-5-4-6-8-10;1-2/h4-8H,9H2,1-3H3;1H2,2H3/q+1;. The second-order valence-corrected chi connectivity index (χ2v) is 3.93. The van der Waals surface area contributed by atoms with Crippen LogP contribution in [0.15, 0.2) is 30.3 Å². The number of hydrogen-bond acceptors (Lipinski definition) is 0. The quantitative estimate of drug-likeness (QED) is 0.612. The summed E-state index contributed by atoms with van der Waals surface area (Å²) in [5.41, 5.74) is 1.40. The second kappa shape index (κ2) is 5.76. The van der Waals surface area contributed by atoms with Gasteiger partial charge in [0, 0.05) is 5.56 Å². The molecule has 0 heterocycles. The van der Waals surface area contributed by atoms with Gasteiger partial charge < -0.3 is 4.48 Å². The van der Waals surface area contributed by atoms with Gasteiger partial charge in [-0.15, -0.1) is 0 Å². The fraction of sp³-hybridized carbons (Fsp3) is 0.417. The van der Waals surface area contributed by atoms with Gasteiger partial charge in [-0.2, -0.15) is 0 Å². The highest BCUT2D eigenvalue weighted by Crippen LogP contribution is 2.04. The van der Waals surface area contributed by atoms with Crippen LogP contribution in [0.4, 0.5) is 0 Å². The second-order valence-electron chi connectivity index (χ2n) is 3.93. The lowest BCUT2D eigenvalue weighted by Gasteiger charge is -2.23. The average Bonchev–Trinajstić information content (AvgIpc) is 2.07. The minimum atomic E-state index is 0.990. The third-order valence-electron chi connectivity index (χ3n) is 1.50. The lowest BCUT2D eigenvalue weighted by atomic mass is 10.2. The zero-order valence-electron chi connectivity index (χ0n) is 9.25. The third-order valence-corrected chi connectivity index (χ3v) is 1.50. The lowest BCUT2D eigenvalue weighted by Crippen LogP contribution is -2.33. The highest BCUT2D eigenvalue weighted by molar-refractivity contribution is 5.13. The van der Waals surface area contributed by atoms with Gasteiger partial charge in [-0.3, -0.25) is 0 Å². The van der Waals surface area contributed by atoms with E-state index in [0.29, 0.717) is 0 Å². The molecule has 1 rings (SSSR count). The van der Waals surface area contributed by atoms with E-state index in [4.69, 9.17) is 0 Å². The van der Waals surface area contributed by atoms with Crippen molar-refractivity contribution in [3.05, 3.63) is 42.8 Å². The summed E-state index contributed by atoms with van der Waals surface area (Å²) >= 11 is 0. The normalized spacial score (nSPS) is 10.2. The number of rotatable bonds is 2. The number of benzene rings is 1. The largest absolute Gasteiger partial charge is 0.327 e. The summed E-state index contributed by atoms with van der Waals surface area (Å²) in [6, 6.07) is 10.6. The Hall–Kier alpha value is -0.820. The van der Waals surface area contributed by atoms with Gasteiger partial charge >= 0.3 is 0 Å². The molecule has 0 saturated heterocycles. The van der Waals surface area contributed by atoms with Gasteiger partial charge in [0.15, 0.2) is 0 Å².